The zero-order valence-electron chi connectivity index (χ0n) is 10.6. The van der Waals surface area contributed by atoms with Crippen molar-refractivity contribution in [2.45, 2.75) is 37.3 Å². The summed E-state index contributed by atoms with van der Waals surface area (Å²) < 4.78 is 13.2. The van der Waals surface area contributed by atoms with Gasteiger partial charge in [0.2, 0.25) is 0 Å². The summed E-state index contributed by atoms with van der Waals surface area (Å²) in [5, 5.41) is 8.99. The predicted molar refractivity (Wildman–Crippen MR) is 69.6 cm³/mol. The number of hydrogen-bond donors (Lipinski definition) is 1. The number of hydrogen-bond acceptors (Lipinski definition) is 3. The van der Waals surface area contributed by atoms with Crippen LogP contribution in [0.4, 0.5) is 10.1 Å². The van der Waals surface area contributed by atoms with Crippen LogP contribution < -0.4 is 10.6 Å². The molecule has 0 amide bonds. The molecule has 0 saturated heterocycles. The third-order valence-corrected chi connectivity index (χ3v) is 3.83. The van der Waals surface area contributed by atoms with Crippen LogP contribution in [0, 0.1) is 17.1 Å². The molecule has 0 bridgehead atoms. The molecular weight excluding hydrogens is 229 g/mol. The molecule has 0 radical (unpaired) electrons. The van der Waals surface area contributed by atoms with E-state index in [4.69, 9.17) is 11.0 Å². The fourth-order valence-corrected chi connectivity index (χ4v) is 2.52. The third kappa shape index (κ3) is 2.62. The second-order valence-electron chi connectivity index (χ2n) is 5.09. The van der Waals surface area contributed by atoms with E-state index in [9.17, 15) is 4.39 Å². The van der Waals surface area contributed by atoms with Crippen LogP contribution in [0.3, 0.4) is 0 Å². The Kier molecular flexibility index (Phi) is 3.53. The zero-order valence-corrected chi connectivity index (χ0v) is 10.6. The van der Waals surface area contributed by atoms with Crippen LogP contribution in [0.25, 0.3) is 0 Å². The van der Waals surface area contributed by atoms with E-state index in [1.807, 2.05) is 13.1 Å². The van der Waals surface area contributed by atoms with Gasteiger partial charge in [0.15, 0.2) is 0 Å². The topological polar surface area (TPSA) is 53.0 Å². The number of nitriles is 1. The van der Waals surface area contributed by atoms with E-state index < -0.39 is 5.54 Å². The zero-order chi connectivity index (χ0) is 13.2. The molecule has 0 unspecified atom stereocenters. The van der Waals surface area contributed by atoms with Gasteiger partial charge < -0.3 is 10.6 Å². The highest BCUT2D eigenvalue weighted by Gasteiger charge is 2.33. The fraction of sp³-hybridized carbons (Fsp3) is 0.500. The summed E-state index contributed by atoms with van der Waals surface area (Å²) in [7, 11) is 1.97. The van der Waals surface area contributed by atoms with Gasteiger partial charge >= 0.3 is 0 Å². The molecular formula is C14H18FN3. The number of benzene rings is 1. The molecule has 0 heterocycles. The van der Waals surface area contributed by atoms with Crippen molar-refractivity contribution in [3.63, 3.8) is 0 Å². The van der Waals surface area contributed by atoms with Gasteiger partial charge in [0, 0.05) is 18.8 Å². The van der Waals surface area contributed by atoms with Crippen molar-refractivity contribution in [3.05, 3.63) is 30.1 Å². The number of nitrogens with two attached hydrogens (primary N) is 1. The lowest BCUT2D eigenvalue weighted by Gasteiger charge is -2.37. The lowest BCUT2D eigenvalue weighted by molar-refractivity contribution is 0.327. The van der Waals surface area contributed by atoms with Crippen LogP contribution in [0.1, 0.15) is 25.7 Å². The van der Waals surface area contributed by atoms with Crippen molar-refractivity contribution in [1.29, 1.82) is 5.26 Å². The van der Waals surface area contributed by atoms with E-state index >= 15 is 0 Å². The Bertz CT molecular complexity index is 458. The van der Waals surface area contributed by atoms with E-state index in [2.05, 4.69) is 11.0 Å². The minimum atomic E-state index is -0.667. The minimum Gasteiger partial charge on any atom is -0.372 e. The first-order chi connectivity index (χ1) is 8.54. The molecule has 0 atom stereocenters. The van der Waals surface area contributed by atoms with Crippen molar-refractivity contribution >= 4 is 5.69 Å². The summed E-state index contributed by atoms with van der Waals surface area (Å²) in [5.74, 6) is -0.222. The van der Waals surface area contributed by atoms with E-state index in [0.717, 1.165) is 18.5 Å². The van der Waals surface area contributed by atoms with Crippen LogP contribution in [-0.2, 0) is 0 Å². The molecule has 2 rings (SSSR count). The quantitative estimate of drug-likeness (QED) is 0.873. The number of nitrogens with zero attached hydrogens (tertiary/aromatic N) is 2. The molecule has 1 saturated carbocycles. The van der Waals surface area contributed by atoms with Crippen LogP contribution in [0.15, 0.2) is 24.3 Å². The van der Waals surface area contributed by atoms with Crippen LogP contribution in [-0.4, -0.2) is 18.6 Å². The van der Waals surface area contributed by atoms with Gasteiger partial charge in [-0.2, -0.15) is 5.26 Å². The first-order valence-corrected chi connectivity index (χ1v) is 6.23. The van der Waals surface area contributed by atoms with Gasteiger partial charge in [0.05, 0.1) is 6.07 Å². The summed E-state index contributed by atoms with van der Waals surface area (Å²) in [6, 6.07) is 9.11. The van der Waals surface area contributed by atoms with E-state index in [-0.39, 0.29) is 5.82 Å². The number of halogens is 1. The molecule has 1 aliphatic carbocycles. The molecule has 96 valence electrons. The third-order valence-electron chi connectivity index (χ3n) is 3.83. The van der Waals surface area contributed by atoms with Gasteiger partial charge in [0.25, 0.3) is 0 Å². The Morgan fingerprint density at radius 2 is 2.11 bits per heavy atom. The van der Waals surface area contributed by atoms with Crippen molar-refractivity contribution in [2.24, 2.45) is 5.73 Å². The Morgan fingerprint density at radius 3 is 2.67 bits per heavy atom. The summed E-state index contributed by atoms with van der Waals surface area (Å²) in [5.41, 5.74) is 6.15. The normalized spacial score (nSPS) is 27.6. The molecule has 1 aromatic rings. The minimum absolute atomic E-state index is 0.222. The number of rotatable bonds is 2. The van der Waals surface area contributed by atoms with Gasteiger partial charge in [-0.05, 0) is 43.9 Å². The SMILES string of the molecule is CN(c1cccc(F)c1)C1CCC(N)(C#N)CC1. The van der Waals surface area contributed by atoms with Crippen LogP contribution in [0.5, 0.6) is 0 Å². The molecule has 18 heavy (non-hydrogen) atoms. The van der Waals surface area contributed by atoms with E-state index in [1.165, 1.54) is 12.1 Å². The maximum Gasteiger partial charge on any atom is 0.125 e. The highest BCUT2D eigenvalue weighted by atomic mass is 19.1. The molecule has 2 N–H and O–H groups in total. The van der Waals surface area contributed by atoms with Crippen molar-refractivity contribution < 1.29 is 4.39 Å². The lowest BCUT2D eigenvalue weighted by atomic mass is 9.80. The van der Waals surface area contributed by atoms with E-state index in [0.29, 0.717) is 18.9 Å². The highest BCUT2D eigenvalue weighted by molar-refractivity contribution is 5.46. The molecule has 1 aliphatic rings. The molecule has 0 aromatic heterocycles. The highest BCUT2D eigenvalue weighted by Crippen LogP contribution is 2.30. The Morgan fingerprint density at radius 1 is 1.44 bits per heavy atom. The molecule has 0 aliphatic heterocycles. The fourth-order valence-electron chi connectivity index (χ4n) is 2.52. The summed E-state index contributed by atoms with van der Waals surface area (Å²) in [6.45, 7) is 0. The van der Waals surface area contributed by atoms with Gasteiger partial charge in [0.1, 0.15) is 11.4 Å². The van der Waals surface area contributed by atoms with Crippen molar-refractivity contribution in [2.75, 3.05) is 11.9 Å². The maximum absolute atomic E-state index is 13.2. The van der Waals surface area contributed by atoms with Crippen molar-refractivity contribution in [1.82, 2.24) is 0 Å². The second-order valence-corrected chi connectivity index (χ2v) is 5.09. The Labute approximate surface area is 107 Å². The maximum atomic E-state index is 13.2. The summed E-state index contributed by atoms with van der Waals surface area (Å²) in [6.07, 6.45) is 3.15. The molecule has 4 heteroatoms. The summed E-state index contributed by atoms with van der Waals surface area (Å²) >= 11 is 0. The largest absolute Gasteiger partial charge is 0.372 e. The summed E-state index contributed by atoms with van der Waals surface area (Å²) in [4.78, 5) is 2.08. The monoisotopic (exact) mass is 247 g/mol. The first-order valence-electron chi connectivity index (χ1n) is 6.23. The van der Waals surface area contributed by atoms with E-state index in [1.54, 1.807) is 6.07 Å². The van der Waals surface area contributed by atoms with Crippen molar-refractivity contribution in [3.8, 4) is 6.07 Å². The van der Waals surface area contributed by atoms with Gasteiger partial charge in [-0.1, -0.05) is 6.07 Å². The second kappa shape index (κ2) is 4.95. The molecule has 1 fully saturated rings. The Hall–Kier alpha value is -1.60. The first kappa shape index (κ1) is 12.8. The van der Waals surface area contributed by atoms with Gasteiger partial charge in [-0.3, -0.25) is 0 Å². The lowest BCUT2D eigenvalue weighted by Crippen LogP contribution is -2.46. The average molecular weight is 247 g/mol. The van der Waals surface area contributed by atoms with Gasteiger partial charge in [-0.25, -0.2) is 4.39 Å². The average Bonchev–Trinajstić information content (AvgIpc) is 2.39. The predicted octanol–water partition coefficient (Wildman–Crippen LogP) is 2.43. The number of anilines is 1. The molecule has 1 aromatic carbocycles. The molecule has 0 spiro atoms. The smallest absolute Gasteiger partial charge is 0.125 e. The van der Waals surface area contributed by atoms with Gasteiger partial charge in [-0.15, -0.1) is 0 Å². The standard InChI is InChI=1S/C14H18FN3/c1-18(13-4-2-3-11(15)9-13)12-5-7-14(17,10-16)8-6-12/h2-4,9,12H,5-8,17H2,1H3. The Balaban J connectivity index is 2.04. The van der Waals surface area contributed by atoms with Crippen LogP contribution >= 0.6 is 0 Å². The van der Waals surface area contributed by atoms with Crippen LogP contribution in [0.2, 0.25) is 0 Å². The molecule has 3 nitrogen and oxygen atoms in total.